The minimum Gasteiger partial charge on any atom is -0.352 e. The topological polar surface area (TPSA) is 35.6 Å². The number of carbonyl (C=O) groups is 1. The van der Waals surface area contributed by atoms with E-state index in [4.69, 9.17) is 0 Å². The molecular formula is C14H25N3O. The van der Waals surface area contributed by atoms with E-state index in [1.165, 1.54) is 5.57 Å². The Balaban J connectivity index is 2.14. The van der Waals surface area contributed by atoms with Crippen LogP contribution in [0, 0.1) is 0 Å². The first-order chi connectivity index (χ1) is 8.58. The minimum absolute atomic E-state index is 0.00498. The molecule has 0 spiro atoms. The second kappa shape index (κ2) is 8.06. The lowest BCUT2D eigenvalue weighted by Crippen LogP contribution is -2.27. The molecule has 102 valence electrons. The van der Waals surface area contributed by atoms with Crippen molar-refractivity contribution in [1.82, 2.24) is 15.1 Å². The summed E-state index contributed by atoms with van der Waals surface area (Å²) in [5.74, 6) is 0.00498. The number of likely N-dealkylation sites (N-methyl/N-ethyl adjacent to an activating group) is 2. The molecular weight excluding hydrogens is 226 g/mol. The molecule has 0 aromatic rings. The summed E-state index contributed by atoms with van der Waals surface area (Å²) >= 11 is 0. The van der Waals surface area contributed by atoms with E-state index in [-0.39, 0.29) is 5.91 Å². The van der Waals surface area contributed by atoms with Crippen molar-refractivity contribution in [2.24, 2.45) is 0 Å². The summed E-state index contributed by atoms with van der Waals surface area (Å²) in [4.78, 5) is 15.8. The molecule has 1 rings (SSSR count). The van der Waals surface area contributed by atoms with Crippen LogP contribution in [-0.4, -0.2) is 63.0 Å². The number of hydrogen-bond donors (Lipinski definition) is 1. The summed E-state index contributed by atoms with van der Waals surface area (Å²) in [5.41, 5.74) is 1.46. The van der Waals surface area contributed by atoms with Crippen LogP contribution in [0.25, 0.3) is 0 Å². The molecule has 4 nitrogen and oxygen atoms in total. The molecule has 1 aliphatic heterocycles. The third-order valence-electron chi connectivity index (χ3n) is 2.99. The van der Waals surface area contributed by atoms with Gasteiger partial charge in [-0.1, -0.05) is 17.7 Å². The summed E-state index contributed by atoms with van der Waals surface area (Å²) in [6.45, 7) is 3.69. The summed E-state index contributed by atoms with van der Waals surface area (Å²) in [7, 11) is 6.09. The summed E-state index contributed by atoms with van der Waals surface area (Å²) in [6, 6.07) is 0. The van der Waals surface area contributed by atoms with Gasteiger partial charge in [0.05, 0.1) is 0 Å². The zero-order chi connectivity index (χ0) is 13.4. The van der Waals surface area contributed by atoms with Gasteiger partial charge in [-0.3, -0.25) is 4.79 Å². The Hall–Kier alpha value is -1.13. The molecule has 1 heterocycles. The van der Waals surface area contributed by atoms with Crippen LogP contribution in [0.15, 0.2) is 23.8 Å². The monoisotopic (exact) mass is 251 g/mol. The van der Waals surface area contributed by atoms with Crippen LogP contribution in [0.1, 0.15) is 12.8 Å². The van der Waals surface area contributed by atoms with Crippen molar-refractivity contribution in [3.8, 4) is 0 Å². The van der Waals surface area contributed by atoms with E-state index in [9.17, 15) is 4.79 Å². The number of rotatable bonds is 6. The SMILES string of the molecule is CN(C)C/C=C/C(=O)NCCC1=CCN(C)CC1. The molecule has 4 heteroatoms. The highest BCUT2D eigenvalue weighted by Gasteiger charge is 2.07. The smallest absolute Gasteiger partial charge is 0.243 e. The highest BCUT2D eigenvalue weighted by Crippen LogP contribution is 2.11. The maximum atomic E-state index is 11.5. The number of carbonyl (C=O) groups excluding carboxylic acids is 1. The van der Waals surface area contributed by atoms with Crippen LogP contribution in [0.2, 0.25) is 0 Å². The van der Waals surface area contributed by atoms with E-state index in [1.54, 1.807) is 6.08 Å². The molecule has 0 aromatic heterocycles. The van der Waals surface area contributed by atoms with Crippen LogP contribution < -0.4 is 5.32 Å². The lowest BCUT2D eigenvalue weighted by atomic mass is 10.1. The largest absolute Gasteiger partial charge is 0.352 e. The third-order valence-corrected chi connectivity index (χ3v) is 2.99. The Labute approximate surface area is 110 Å². The molecule has 1 aliphatic rings. The Kier molecular flexibility index (Phi) is 6.68. The van der Waals surface area contributed by atoms with Crippen molar-refractivity contribution in [1.29, 1.82) is 0 Å². The van der Waals surface area contributed by atoms with Crippen LogP contribution in [0.3, 0.4) is 0 Å². The van der Waals surface area contributed by atoms with Gasteiger partial charge in [-0.2, -0.15) is 0 Å². The minimum atomic E-state index is 0.00498. The Morgan fingerprint density at radius 3 is 2.94 bits per heavy atom. The Morgan fingerprint density at radius 1 is 1.56 bits per heavy atom. The van der Waals surface area contributed by atoms with Gasteiger partial charge in [0, 0.05) is 32.3 Å². The first kappa shape index (κ1) is 14.9. The van der Waals surface area contributed by atoms with Gasteiger partial charge in [0.25, 0.3) is 0 Å². The molecule has 0 saturated heterocycles. The fourth-order valence-corrected chi connectivity index (χ4v) is 1.82. The highest BCUT2D eigenvalue weighted by atomic mass is 16.1. The second-order valence-electron chi connectivity index (χ2n) is 5.08. The predicted octanol–water partition coefficient (Wildman–Crippen LogP) is 0.872. The number of nitrogens with one attached hydrogen (secondary N) is 1. The van der Waals surface area contributed by atoms with Crippen molar-refractivity contribution in [3.05, 3.63) is 23.8 Å². The summed E-state index contributed by atoms with van der Waals surface area (Å²) in [6.07, 6.45) is 7.87. The Bertz CT molecular complexity index is 321. The molecule has 0 aromatic carbocycles. The van der Waals surface area contributed by atoms with E-state index in [2.05, 4.69) is 23.3 Å². The van der Waals surface area contributed by atoms with Gasteiger partial charge < -0.3 is 15.1 Å². The standard InChI is InChI=1S/C14H25N3O/c1-16(2)10-4-5-14(18)15-9-6-13-7-11-17(3)12-8-13/h4-5,7H,6,8-12H2,1-3H3,(H,15,18)/b5-4+. The molecule has 0 fully saturated rings. The predicted molar refractivity (Wildman–Crippen MR) is 75.5 cm³/mol. The van der Waals surface area contributed by atoms with E-state index in [0.717, 1.165) is 39.0 Å². The molecule has 0 aliphatic carbocycles. The zero-order valence-electron chi connectivity index (χ0n) is 11.8. The van der Waals surface area contributed by atoms with Gasteiger partial charge in [-0.05, 0) is 34.0 Å². The highest BCUT2D eigenvalue weighted by molar-refractivity contribution is 5.87. The number of nitrogens with zero attached hydrogens (tertiary/aromatic N) is 2. The quantitative estimate of drug-likeness (QED) is 0.562. The summed E-state index contributed by atoms with van der Waals surface area (Å²) < 4.78 is 0. The molecule has 18 heavy (non-hydrogen) atoms. The van der Waals surface area contributed by atoms with Gasteiger partial charge in [0.2, 0.25) is 5.91 Å². The Morgan fingerprint density at radius 2 is 2.33 bits per heavy atom. The van der Waals surface area contributed by atoms with Crippen molar-refractivity contribution in [3.63, 3.8) is 0 Å². The average molecular weight is 251 g/mol. The molecule has 0 saturated carbocycles. The zero-order valence-corrected chi connectivity index (χ0v) is 11.8. The van der Waals surface area contributed by atoms with Crippen LogP contribution in [-0.2, 0) is 4.79 Å². The van der Waals surface area contributed by atoms with Crippen LogP contribution >= 0.6 is 0 Å². The molecule has 0 bridgehead atoms. The van der Waals surface area contributed by atoms with Crippen molar-refractivity contribution in [2.45, 2.75) is 12.8 Å². The van der Waals surface area contributed by atoms with Crippen molar-refractivity contribution >= 4 is 5.91 Å². The van der Waals surface area contributed by atoms with Crippen LogP contribution in [0.4, 0.5) is 0 Å². The molecule has 0 radical (unpaired) electrons. The van der Waals surface area contributed by atoms with E-state index >= 15 is 0 Å². The second-order valence-corrected chi connectivity index (χ2v) is 5.08. The van der Waals surface area contributed by atoms with Crippen molar-refractivity contribution in [2.75, 3.05) is 47.3 Å². The first-order valence-electron chi connectivity index (χ1n) is 6.53. The van der Waals surface area contributed by atoms with Gasteiger partial charge in [-0.25, -0.2) is 0 Å². The van der Waals surface area contributed by atoms with E-state index in [1.807, 2.05) is 25.1 Å². The van der Waals surface area contributed by atoms with Crippen molar-refractivity contribution < 1.29 is 4.79 Å². The molecule has 0 unspecified atom stereocenters. The lowest BCUT2D eigenvalue weighted by Gasteiger charge is -2.21. The maximum Gasteiger partial charge on any atom is 0.243 e. The van der Waals surface area contributed by atoms with Crippen LogP contribution in [0.5, 0.6) is 0 Å². The van der Waals surface area contributed by atoms with Gasteiger partial charge >= 0.3 is 0 Å². The average Bonchev–Trinajstić information content (AvgIpc) is 2.31. The summed E-state index contributed by atoms with van der Waals surface area (Å²) in [5, 5.41) is 2.92. The molecule has 1 N–H and O–H groups in total. The fraction of sp³-hybridized carbons (Fsp3) is 0.643. The van der Waals surface area contributed by atoms with Gasteiger partial charge in [-0.15, -0.1) is 0 Å². The van der Waals surface area contributed by atoms with E-state index < -0.39 is 0 Å². The van der Waals surface area contributed by atoms with Gasteiger partial charge in [0.15, 0.2) is 0 Å². The number of amides is 1. The lowest BCUT2D eigenvalue weighted by molar-refractivity contribution is -0.116. The maximum absolute atomic E-state index is 11.5. The number of hydrogen-bond acceptors (Lipinski definition) is 3. The fourth-order valence-electron chi connectivity index (χ4n) is 1.82. The van der Waals surface area contributed by atoms with E-state index in [0.29, 0.717) is 0 Å². The molecule has 1 amide bonds. The normalized spacial score (nSPS) is 17.2. The first-order valence-corrected chi connectivity index (χ1v) is 6.53. The van der Waals surface area contributed by atoms with Gasteiger partial charge in [0.1, 0.15) is 0 Å². The third kappa shape index (κ3) is 6.57. The molecule has 0 atom stereocenters.